The molecular weight excluding hydrogens is 280 g/mol. The normalized spacial score (nSPS) is 22.2. The van der Waals surface area contributed by atoms with E-state index < -0.39 is 0 Å². The second-order valence-electron chi connectivity index (χ2n) is 5.92. The first-order valence-corrected chi connectivity index (χ1v) is 8.74. The van der Waals surface area contributed by atoms with Crippen molar-refractivity contribution >= 4 is 23.4 Å². The Labute approximate surface area is 132 Å². The summed E-state index contributed by atoms with van der Waals surface area (Å²) in [4.78, 5) is 14.7. The van der Waals surface area contributed by atoms with E-state index in [1.54, 1.807) is 0 Å². The number of hydrogen-bond acceptors (Lipinski definition) is 3. The Balaban J connectivity index is 2.11. The highest BCUT2D eigenvalue weighted by Gasteiger charge is 2.27. The second-order valence-corrected chi connectivity index (χ2v) is 7.81. The summed E-state index contributed by atoms with van der Waals surface area (Å²) in [6.07, 6.45) is 1.10. The summed E-state index contributed by atoms with van der Waals surface area (Å²) in [5, 5.41) is 4.40. The Morgan fingerprint density at radius 1 is 1.33 bits per heavy atom. The molecule has 1 heterocycles. The zero-order valence-electron chi connectivity index (χ0n) is 13.5. The third-order valence-corrected chi connectivity index (χ3v) is 4.97. The van der Waals surface area contributed by atoms with E-state index >= 15 is 0 Å². The van der Waals surface area contributed by atoms with Crippen molar-refractivity contribution in [3.63, 3.8) is 0 Å². The van der Waals surface area contributed by atoms with Crippen molar-refractivity contribution in [2.24, 2.45) is 0 Å². The minimum Gasteiger partial charge on any atom is -0.385 e. The molecule has 3 nitrogen and oxygen atoms in total. The number of amides is 1. The van der Waals surface area contributed by atoms with Gasteiger partial charge in [-0.2, -0.15) is 11.8 Å². The predicted molar refractivity (Wildman–Crippen MR) is 92.4 cm³/mol. The van der Waals surface area contributed by atoms with Gasteiger partial charge in [0.15, 0.2) is 0 Å². The smallest absolute Gasteiger partial charge is 0.254 e. The van der Waals surface area contributed by atoms with Crippen LogP contribution in [0.2, 0.25) is 0 Å². The van der Waals surface area contributed by atoms with E-state index in [0.717, 1.165) is 42.9 Å². The van der Waals surface area contributed by atoms with E-state index in [2.05, 4.69) is 32.2 Å². The summed E-state index contributed by atoms with van der Waals surface area (Å²) in [5.74, 6) is 0.175. The maximum atomic E-state index is 12.7. The Morgan fingerprint density at radius 2 is 2.00 bits per heavy atom. The molecule has 0 aromatic heterocycles. The highest BCUT2D eigenvalue weighted by atomic mass is 32.2. The average Bonchev–Trinajstić information content (AvgIpc) is 2.43. The quantitative estimate of drug-likeness (QED) is 0.918. The number of carbonyl (C=O) groups excluding carboxylic acids is 1. The SMILES string of the molecule is CCCNc1ccc(C(=O)N2CC(C)SC(C)C2)c(C)c1. The second kappa shape index (κ2) is 7.21. The van der Waals surface area contributed by atoms with Crippen LogP contribution >= 0.6 is 11.8 Å². The summed E-state index contributed by atoms with van der Waals surface area (Å²) in [6, 6.07) is 6.06. The van der Waals surface area contributed by atoms with Crippen molar-refractivity contribution in [3.05, 3.63) is 29.3 Å². The van der Waals surface area contributed by atoms with Gasteiger partial charge in [-0.15, -0.1) is 0 Å². The highest BCUT2D eigenvalue weighted by Crippen LogP contribution is 2.26. The van der Waals surface area contributed by atoms with Crippen LogP contribution in [0.3, 0.4) is 0 Å². The van der Waals surface area contributed by atoms with Gasteiger partial charge in [-0.1, -0.05) is 20.8 Å². The van der Waals surface area contributed by atoms with Crippen LogP contribution in [0.25, 0.3) is 0 Å². The monoisotopic (exact) mass is 306 g/mol. The van der Waals surface area contributed by atoms with Gasteiger partial charge in [-0.25, -0.2) is 0 Å². The molecule has 2 atom stereocenters. The van der Waals surface area contributed by atoms with Gasteiger partial charge in [0.05, 0.1) is 0 Å². The minimum atomic E-state index is 0.175. The summed E-state index contributed by atoms with van der Waals surface area (Å²) >= 11 is 1.97. The lowest BCUT2D eigenvalue weighted by atomic mass is 10.1. The topological polar surface area (TPSA) is 32.3 Å². The van der Waals surface area contributed by atoms with Crippen LogP contribution in [0, 0.1) is 6.92 Å². The first-order chi connectivity index (χ1) is 10.0. The summed E-state index contributed by atoms with van der Waals surface area (Å²) in [7, 11) is 0. The lowest BCUT2D eigenvalue weighted by Crippen LogP contribution is -2.44. The van der Waals surface area contributed by atoms with Crippen molar-refractivity contribution in [1.29, 1.82) is 0 Å². The van der Waals surface area contributed by atoms with E-state index in [-0.39, 0.29) is 5.91 Å². The van der Waals surface area contributed by atoms with Crippen molar-refractivity contribution in [3.8, 4) is 0 Å². The highest BCUT2D eigenvalue weighted by molar-refractivity contribution is 8.00. The molecule has 1 aromatic carbocycles. The molecule has 1 N–H and O–H groups in total. The van der Waals surface area contributed by atoms with Crippen molar-refractivity contribution in [2.75, 3.05) is 25.0 Å². The molecule has 116 valence electrons. The zero-order chi connectivity index (χ0) is 15.4. The molecule has 1 amide bonds. The maximum Gasteiger partial charge on any atom is 0.254 e. The Kier molecular flexibility index (Phi) is 5.57. The van der Waals surface area contributed by atoms with E-state index in [1.807, 2.05) is 35.7 Å². The first kappa shape index (κ1) is 16.2. The zero-order valence-corrected chi connectivity index (χ0v) is 14.3. The molecule has 2 rings (SSSR count). The molecule has 0 radical (unpaired) electrons. The molecule has 2 unspecified atom stereocenters. The lowest BCUT2D eigenvalue weighted by Gasteiger charge is -2.35. The molecule has 1 aliphatic rings. The van der Waals surface area contributed by atoms with Crippen LogP contribution in [0.4, 0.5) is 5.69 Å². The van der Waals surface area contributed by atoms with Crippen LogP contribution in [0.15, 0.2) is 18.2 Å². The number of aryl methyl sites for hydroxylation is 1. The van der Waals surface area contributed by atoms with Gasteiger partial charge < -0.3 is 10.2 Å². The van der Waals surface area contributed by atoms with Crippen molar-refractivity contribution in [1.82, 2.24) is 4.90 Å². The standard InChI is InChI=1S/C17H26N2OS/c1-5-8-18-15-6-7-16(12(2)9-15)17(20)19-10-13(3)21-14(4)11-19/h6-7,9,13-14,18H,5,8,10-11H2,1-4H3. The van der Waals surface area contributed by atoms with Crippen LogP contribution in [-0.4, -0.2) is 40.9 Å². The predicted octanol–water partition coefficient (Wildman–Crippen LogP) is 3.78. The van der Waals surface area contributed by atoms with Gasteiger partial charge >= 0.3 is 0 Å². The molecule has 21 heavy (non-hydrogen) atoms. The molecule has 1 aromatic rings. The van der Waals surface area contributed by atoms with Crippen LogP contribution in [0.1, 0.15) is 43.1 Å². The number of hydrogen-bond donors (Lipinski definition) is 1. The summed E-state index contributed by atoms with van der Waals surface area (Å²) in [5.41, 5.74) is 2.99. The fourth-order valence-corrected chi connectivity index (χ4v) is 4.12. The number of carbonyl (C=O) groups is 1. The lowest BCUT2D eigenvalue weighted by molar-refractivity contribution is 0.0752. The fraction of sp³-hybridized carbons (Fsp3) is 0.588. The molecule has 0 bridgehead atoms. The molecule has 0 aliphatic carbocycles. The van der Waals surface area contributed by atoms with Gasteiger partial charge in [0, 0.05) is 41.4 Å². The number of benzene rings is 1. The minimum absolute atomic E-state index is 0.175. The van der Waals surface area contributed by atoms with Crippen LogP contribution < -0.4 is 5.32 Å². The number of nitrogens with one attached hydrogen (secondary N) is 1. The van der Waals surface area contributed by atoms with Gasteiger partial charge in [0.25, 0.3) is 5.91 Å². The average molecular weight is 306 g/mol. The number of anilines is 1. The van der Waals surface area contributed by atoms with E-state index in [0.29, 0.717) is 10.5 Å². The summed E-state index contributed by atoms with van der Waals surface area (Å²) < 4.78 is 0. The Bertz CT molecular complexity index is 494. The van der Waals surface area contributed by atoms with Gasteiger partial charge in [-0.3, -0.25) is 4.79 Å². The maximum absolute atomic E-state index is 12.7. The third kappa shape index (κ3) is 4.16. The molecule has 1 saturated heterocycles. The Hall–Kier alpha value is -1.16. The van der Waals surface area contributed by atoms with Gasteiger partial charge in [-0.05, 0) is 37.1 Å². The van der Waals surface area contributed by atoms with Crippen molar-refractivity contribution < 1.29 is 4.79 Å². The first-order valence-electron chi connectivity index (χ1n) is 7.80. The molecule has 4 heteroatoms. The summed E-state index contributed by atoms with van der Waals surface area (Å²) in [6.45, 7) is 11.2. The molecule has 0 spiro atoms. The van der Waals surface area contributed by atoms with Gasteiger partial charge in [0.2, 0.25) is 0 Å². The molecular formula is C17H26N2OS. The van der Waals surface area contributed by atoms with Crippen LogP contribution in [-0.2, 0) is 0 Å². The number of thioether (sulfide) groups is 1. The molecule has 1 fully saturated rings. The number of nitrogens with zero attached hydrogens (tertiary/aromatic N) is 1. The number of rotatable bonds is 4. The molecule has 0 saturated carbocycles. The Morgan fingerprint density at radius 3 is 2.57 bits per heavy atom. The van der Waals surface area contributed by atoms with Gasteiger partial charge in [0.1, 0.15) is 0 Å². The van der Waals surface area contributed by atoms with E-state index in [1.165, 1.54) is 0 Å². The fourth-order valence-electron chi connectivity index (χ4n) is 2.80. The third-order valence-electron chi connectivity index (χ3n) is 3.74. The van der Waals surface area contributed by atoms with E-state index in [4.69, 9.17) is 0 Å². The molecule has 1 aliphatic heterocycles. The van der Waals surface area contributed by atoms with E-state index in [9.17, 15) is 4.79 Å². The van der Waals surface area contributed by atoms with Crippen LogP contribution in [0.5, 0.6) is 0 Å². The van der Waals surface area contributed by atoms with Crippen molar-refractivity contribution in [2.45, 2.75) is 44.6 Å². The largest absolute Gasteiger partial charge is 0.385 e.